The lowest BCUT2D eigenvalue weighted by molar-refractivity contribution is 0.224. The number of benzene rings is 1. The number of pyridine rings is 1. The smallest absolute Gasteiger partial charge is 0.229 e. The molecule has 10 heteroatoms. The predicted octanol–water partition coefficient (Wildman–Crippen LogP) is 4.49. The van der Waals surface area contributed by atoms with Gasteiger partial charge in [0.25, 0.3) is 0 Å². The van der Waals surface area contributed by atoms with Crippen LogP contribution in [0.4, 0.5) is 20.5 Å². The highest BCUT2D eigenvalue weighted by Gasteiger charge is 2.20. The first-order valence-corrected chi connectivity index (χ1v) is 12.5. The lowest BCUT2D eigenvalue weighted by Gasteiger charge is -2.29. The van der Waals surface area contributed by atoms with E-state index < -0.39 is 11.6 Å². The molecule has 5 rings (SSSR count). The molecule has 194 valence electrons. The molecule has 0 saturated heterocycles. The number of aromatic nitrogens is 5. The lowest BCUT2D eigenvalue weighted by atomic mass is 10.0. The van der Waals surface area contributed by atoms with Gasteiger partial charge in [-0.3, -0.25) is 9.58 Å². The van der Waals surface area contributed by atoms with Crippen LogP contribution in [-0.2, 0) is 20.0 Å². The molecule has 0 atom stereocenters. The Kier molecular flexibility index (Phi) is 6.87. The Hall–Kier alpha value is -3.50. The number of nitrogens with one attached hydrogen (secondary N) is 1. The van der Waals surface area contributed by atoms with Crippen LogP contribution in [0.15, 0.2) is 30.5 Å². The molecule has 8 nitrogen and oxygen atoms in total. The van der Waals surface area contributed by atoms with Gasteiger partial charge in [-0.2, -0.15) is 5.10 Å². The van der Waals surface area contributed by atoms with Gasteiger partial charge in [-0.1, -0.05) is 19.9 Å². The predicted molar refractivity (Wildman–Crippen MR) is 141 cm³/mol. The maximum absolute atomic E-state index is 15.1. The topological polar surface area (TPSA) is 75.0 Å². The molecule has 1 aliphatic heterocycles. The quantitative estimate of drug-likeness (QED) is 0.396. The van der Waals surface area contributed by atoms with Crippen molar-refractivity contribution in [3.63, 3.8) is 0 Å². The van der Waals surface area contributed by atoms with E-state index in [-0.39, 0.29) is 17.6 Å². The van der Waals surface area contributed by atoms with Crippen molar-refractivity contribution < 1.29 is 8.78 Å². The molecule has 0 amide bonds. The van der Waals surface area contributed by atoms with Crippen LogP contribution in [0, 0.1) is 11.6 Å². The number of hydrogen-bond donors (Lipinski definition) is 1. The van der Waals surface area contributed by atoms with E-state index in [0.29, 0.717) is 22.3 Å². The maximum atomic E-state index is 15.1. The summed E-state index contributed by atoms with van der Waals surface area (Å²) in [5, 5.41) is 8.21. The van der Waals surface area contributed by atoms with Crippen molar-refractivity contribution in [1.29, 1.82) is 0 Å². The summed E-state index contributed by atoms with van der Waals surface area (Å²) >= 11 is 0. The Balaban J connectivity index is 1.41. The fraction of sp³-hybridized carbons (Fsp3) is 0.407. The normalized spacial score (nSPS) is 14.1. The van der Waals surface area contributed by atoms with E-state index in [0.717, 1.165) is 50.2 Å². The number of nitrogens with zero attached hydrogens (tertiary/aromatic N) is 7. The molecular weight excluding hydrogens is 474 g/mol. The molecule has 0 radical (unpaired) electrons. The van der Waals surface area contributed by atoms with Gasteiger partial charge in [-0.15, -0.1) is 0 Å². The summed E-state index contributed by atoms with van der Waals surface area (Å²) in [6.45, 7) is 7.84. The first-order valence-electron chi connectivity index (χ1n) is 12.5. The Morgan fingerprint density at radius 3 is 2.68 bits per heavy atom. The lowest BCUT2D eigenvalue weighted by Crippen LogP contribution is -2.36. The average Bonchev–Trinajstić information content (AvgIpc) is 3.21. The number of anilines is 2. The Labute approximate surface area is 215 Å². The van der Waals surface area contributed by atoms with Gasteiger partial charge in [-0.25, -0.2) is 23.7 Å². The minimum absolute atomic E-state index is 0.0198. The van der Waals surface area contributed by atoms with E-state index in [1.165, 1.54) is 16.3 Å². The molecule has 0 fully saturated rings. The summed E-state index contributed by atoms with van der Waals surface area (Å²) in [6, 6.07) is 6.99. The van der Waals surface area contributed by atoms with E-state index in [4.69, 9.17) is 4.98 Å². The van der Waals surface area contributed by atoms with Crippen LogP contribution in [0.5, 0.6) is 0 Å². The van der Waals surface area contributed by atoms with Crippen LogP contribution >= 0.6 is 0 Å². The van der Waals surface area contributed by atoms with Crippen LogP contribution < -0.4 is 5.32 Å². The standard InChI is InChI=1S/C27H32F2N8/c1-16(2)24-19-12-18(13-20(28)26(19)36(5)34-24)25-21(29)14-30-27(33-25)32-23-7-6-17-15-37(11-10-35(3)4)9-8-22(17)31-23/h6-7,12-14,16H,8-11,15H2,1-5H3,(H,30,31,32,33). The summed E-state index contributed by atoms with van der Waals surface area (Å²) < 4.78 is 31.4. The molecule has 0 aliphatic carbocycles. The van der Waals surface area contributed by atoms with E-state index in [2.05, 4.69) is 50.3 Å². The minimum Gasteiger partial charge on any atom is -0.309 e. The van der Waals surface area contributed by atoms with Crippen LogP contribution in [-0.4, -0.2) is 68.3 Å². The zero-order valence-corrected chi connectivity index (χ0v) is 21.9. The first kappa shape index (κ1) is 25.2. The van der Waals surface area contributed by atoms with Crippen LogP contribution in [0.1, 0.15) is 36.7 Å². The van der Waals surface area contributed by atoms with Crippen molar-refractivity contribution in [1.82, 2.24) is 34.5 Å². The van der Waals surface area contributed by atoms with Crippen molar-refractivity contribution in [3.8, 4) is 11.3 Å². The van der Waals surface area contributed by atoms with Gasteiger partial charge in [0, 0.05) is 56.3 Å². The largest absolute Gasteiger partial charge is 0.309 e. The third-order valence-corrected chi connectivity index (χ3v) is 6.72. The molecule has 37 heavy (non-hydrogen) atoms. The van der Waals surface area contributed by atoms with Crippen LogP contribution in [0.25, 0.3) is 22.2 Å². The number of hydrogen-bond acceptors (Lipinski definition) is 7. The minimum atomic E-state index is -0.629. The van der Waals surface area contributed by atoms with Crippen LogP contribution in [0.3, 0.4) is 0 Å². The highest BCUT2D eigenvalue weighted by Crippen LogP contribution is 2.32. The number of aryl methyl sites for hydroxylation is 1. The second-order valence-electron chi connectivity index (χ2n) is 10.2. The molecule has 4 aromatic rings. The Morgan fingerprint density at radius 1 is 1.11 bits per heavy atom. The molecule has 3 aromatic heterocycles. The molecule has 0 spiro atoms. The summed E-state index contributed by atoms with van der Waals surface area (Å²) in [5.41, 5.74) is 3.74. The van der Waals surface area contributed by atoms with Gasteiger partial charge in [0.2, 0.25) is 5.95 Å². The summed E-state index contributed by atoms with van der Waals surface area (Å²) in [4.78, 5) is 17.9. The van der Waals surface area contributed by atoms with Crippen molar-refractivity contribution in [2.45, 2.75) is 32.7 Å². The van der Waals surface area contributed by atoms with E-state index in [1.807, 2.05) is 19.9 Å². The molecule has 0 bridgehead atoms. The number of fused-ring (bicyclic) bond motifs is 2. The second kappa shape index (κ2) is 10.1. The summed E-state index contributed by atoms with van der Waals surface area (Å²) in [7, 11) is 5.87. The molecule has 0 unspecified atom stereocenters. The summed E-state index contributed by atoms with van der Waals surface area (Å²) in [5.74, 6) is -0.230. The van der Waals surface area contributed by atoms with Gasteiger partial charge in [0.05, 0.1) is 11.9 Å². The number of rotatable bonds is 7. The molecular formula is C27H32F2N8. The van der Waals surface area contributed by atoms with Gasteiger partial charge in [0.1, 0.15) is 22.8 Å². The SMILES string of the molecule is CC(C)c1nn(C)c2c(F)cc(-c3nc(Nc4ccc5c(n4)CCN(CCN(C)C)C5)ncc3F)cc12. The fourth-order valence-corrected chi connectivity index (χ4v) is 4.77. The first-order chi connectivity index (χ1) is 17.7. The van der Waals surface area contributed by atoms with Gasteiger partial charge in [-0.05, 0) is 43.8 Å². The molecule has 0 saturated carbocycles. The Morgan fingerprint density at radius 2 is 1.92 bits per heavy atom. The molecule has 1 aromatic carbocycles. The van der Waals surface area contributed by atoms with Crippen molar-refractivity contribution in [2.24, 2.45) is 7.05 Å². The monoisotopic (exact) mass is 506 g/mol. The molecule has 1 aliphatic rings. The summed E-state index contributed by atoms with van der Waals surface area (Å²) in [6.07, 6.45) is 1.96. The zero-order valence-electron chi connectivity index (χ0n) is 21.9. The average molecular weight is 507 g/mol. The van der Waals surface area contributed by atoms with Crippen molar-refractivity contribution in [2.75, 3.05) is 39.0 Å². The number of halogens is 2. The van der Waals surface area contributed by atoms with Gasteiger partial charge < -0.3 is 10.2 Å². The molecule has 1 N–H and O–H groups in total. The van der Waals surface area contributed by atoms with E-state index in [9.17, 15) is 4.39 Å². The van der Waals surface area contributed by atoms with Crippen molar-refractivity contribution in [3.05, 3.63) is 59.0 Å². The van der Waals surface area contributed by atoms with Crippen LogP contribution in [0.2, 0.25) is 0 Å². The van der Waals surface area contributed by atoms with E-state index in [1.54, 1.807) is 13.1 Å². The highest BCUT2D eigenvalue weighted by atomic mass is 19.1. The second-order valence-corrected chi connectivity index (χ2v) is 10.2. The zero-order chi connectivity index (χ0) is 26.3. The number of likely N-dealkylation sites (N-methyl/N-ethyl adjacent to an activating group) is 1. The maximum Gasteiger partial charge on any atom is 0.229 e. The van der Waals surface area contributed by atoms with Crippen molar-refractivity contribution >= 4 is 22.7 Å². The highest BCUT2D eigenvalue weighted by molar-refractivity contribution is 5.87. The van der Waals surface area contributed by atoms with Gasteiger partial charge >= 0.3 is 0 Å². The third-order valence-electron chi connectivity index (χ3n) is 6.72. The fourth-order valence-electron chi connectivity index (χ4n) is 4.77. The molecule has 4 heterocycles. The van der Waals surface area contributed by atoms with Gasteiger partial charge in [0.15, 0.2) is 5.82 Å². The third kappa shape index (κ3) is 5.17. The van der Waals surface area contributed by atoms with E-state index >= 15 is 4.39 Å². The Bertz CT molecular complexity index is 1450.